The highest BCUT2D eigenvalue weighted by Gasteiger charge is 2.13. The maximum absolute atomic E-state index is 11.0. The van der Waals surface area contributed by atoms with Crippen LogP contribution in [0.1, 0.15) is 23.6 Å². The van der Waals surface area contributed by atoms with Gasteiger partial charge in [0.1, 0.15) is 0 Å². The third-order valence-electron chi connectivity index (χ3n) is 2.30. The Hall–Kier alpha value is -0.960. The van der Waals surface area contributed by atoms with Gasteiger partial charge in [0.05, 0.1) is 5.25 Å². The van der Waals surface area contributed by atoms with E-state index in [0.717, 1.165) is 0 Å². The van der Waals surface area contributed by atoms with Crippen molar-refractivity contribution in [3.8, 4) is 0 Å². The zero-order valence-electron chi connectivity index (χ0n) is 9.63. The number of carbonyl (C=O) groups is 1. The van der Waals surface area contributed by atoms with Crippen LogP contribution in [0.2, 0.25) is 0 Å². The molecule has 0 bridgehead atoms. The molecule has 1 aromatic rings. The summed E-state index contributed by atoms with van der Waals surface area (Å²) in [6.07, 6.45) is 0. The van der Waals surface area contributed by atoms with Gasteiger partial charge >= 0.3 is 0 Å². The minimum absolute atomic E-state index is 0.176. The van der Waals surface area contributed by atoms with Crippen LogP contribution in [0.3, 0.4) is 0 Å². The fourth-order valence-electron chi connectivity index (χ4n) is 1.59. The molecule has 3 heteroatoms. The third kappa shape index (κ3) is 2.99. The van der Waals surface area contributed by atoms with Gasteiger partial charge in [-0.3, -0.25) is 4.79 Å². The number of carbonyl (C=O) groups excluding carboxylic acids is 1. The minimum atomic E-state index is -0.264. The van der Waals surface area contributed by atoms with Gasteiger partial charge < -0.3 is 5.73 Å². The van der Waals surface area contributed by atoms with Crippen LogP contribution in [0, 0.1) is 20.8 Å². The fraction of sp³-hybridized carbons (Fsp3) is 0.417. The molecule has 1 amide bonds. The number of nitrogens with two attached hydrogens (primary N) is 1. The van der Waals surface area contributed by atoms with Crippen LogP contribution in [0.15, 0.2) is 17.0 Å². The van der Waals surface area contributed by atoms with Crippen LogP contribution in [0.25, 0.3) is 0 Å². The Morgan fingerprint density at radius 2 is 1.73 bits per heavy atom. The Kier molecular flexibility index (Phi) is 3.80. The summed E-state index contributed by atoms with van der Waals surface area (Å²) in [6.45, 7) is 8.05. The van der Waals surface area contributed by atoms with E-state index < -0.39 is 0 Å². The monoisotopic (exact) mass is 223 g/mol. The SMILES string of the molecule is Cc1cc(C)c(S[C@H](C)C(N)=O)c(C)c1. The molecule has 1 atom stereocenters. The summed E-state index contributed by atoms with van der Waals surface area (Å²) < 4.78 is 0. The highest BCUT2D eigenvalue weighted by Crippen LogP contribution is 2.30. The van der Waals surface area contributed by atoms with Crippen LogP contribution < -0.4 is 5.73 Å². The molecule has 15 heavy (non-hydrogen) atoms. The summed E-state index contributed by atoms with van der Waals surface area (Å²) in [5.74, 6) is -0.264. The third-order valence-corrected chi connectivity index (χ3v) is 3.77. The molecule has 0 aromatic heterocycles. The Labute approximate surface area is 95.2 Å². The van der Waals surface area contributed by atoms with Crippen LogP contribution in [0.4, 0.5) is 0 Å². The lowest BCUT2D eigenvalue weighted by molar-refractivity contribution is -0.117. The van der Waals surface area contributed by atoms with Crippen molar-refractivity contribution in [3.05, 3.63) is 28.8 Å². The summed E-state index contributed by atoms with van der Waals surface area (Å²) in [7, 11) is 0. The fourth-order valence-corrected chi connectivity index (χ4v) is 2.55. The molecular weight excluding hydrogens is 206 g/mol. The van der Waals surface area contributed by atoms with Gasteiger partial charge in [0.2, 0.25) is 5.91 Å². The van der Waals surface area contributed by atoms with Gasteiger partial charge in [-0.25, -0.2) is 0 Å². The van der Waals surface area contributed by atoms with E-state index in [2.05, 4.69) is 32.9 Å². The highest BCUT2D eigenvalue weighted by molar-refractivity contribution is 8.00. The normalized spacial score (nSPS) is 12.5. The topological polar surface area (TPSA) is 43.1 Å². The van der Waals surface area contributed by atoms with Crippen LogP contribution >= 0.6 is 11.8 Å². The van der Waals surface area contributed by atoms with E-state index in [9.17, 15) is 4.79 Å². The number of hydrogen-bond donors (Lipinski definition) is 1. The summed E-state index contributed by atoms with van der Waals surface area (Å²) in [4.78, 5) is 12.2. The van der Waals surface area contributed by atoms with Crippen molar-refractivity contribution in [3.63, 3.8) is 0 Å². The van der Waals surface area contributed by atoms with E-state index in [1.165, 1.54) is 33.3 Å². The molecule has 0 saturated heterocycles. The van der Waals surface area contributed by atoms with Crippen molar-refractivity contribution in [2.45, 2.75) is 37.8 Å². The van der Waals surface area contributed by atoms with Crippen molar-refractivity contribution >= 4 is 17.7 Å². The number of benzene rings is 1. The molecule has 0 aliphatic rings. The number of hydrogen-bond acceptors (Lipinski definition) is 2. The van der Waals surface area contributed by atoms with E-state index in [-0.39, 0.29) is 11.2 Å². The van der Waals surface area contributed by atoms with Crippen molar-refractivity contribution in [2.24, 2.45) is 5.73 Å². The van der Waals surface area contributed by atoms with Gasteiger partial charge in [-0.2, -0.15) is 0 Å². The van der Waals surface area contributed by atoms with Crippen LogP contribution in [0.5, 0.6) is 0 Å². The van der Waals surface area contributed by atoms with Crippen LogP contribution in [-0.4, -0.2) is 11.2 Å². The first-order valence-corrected chi connectivity index (χ1v) is 5.83. The lowest BCUT2D eigenvalue weighted by Gasteiger charge is -2.13. The summed E-state index contributed by atoms with van der Waals surface area (Å²) in [6, 6.07) is 4.26. The zero-order valence-corrected chi connectivity index (χ0v) is 10.4. The molecule has 0 spiro atoms. The molecule has 82 valence electrons. The van der Waals surface area contributed by atoms with Gasteiger partial charge in [0.15, 0.2) is 0 Å². The van der Waals surface area contributed by atoms with Crippen molar-refractivity contribution in [1.82, 2.24) is 0 Å². The van der Waals surface area contributed by atoms with Gasteiger partial charge in [-0.1, -0.05) is 17.7 Å². The quantitative estimate of drug-likeness (QED) is 0.800. The second kappa shape index (κ2) is 4.71. The predicted octanol–water partition coefficient (Wildman–Crippen LogP) is 2.58. The lowest BCUT2D eigenvalue weighted by Crippen LogP contribution is -2.22. The van der Waals surface area contributed by atoms with Gasteiger partial charge in [0, 0.05) is 4.90 Å². The molecule has 0 aliphatic heterocycles. The van der Waals surface area contributed by atoms with E-state index in [4.69, 9.17) is 5.73 Å². The number of rotatable bonds is 3. The zero-order chi connectivity index (χ0) is 11.6. The molecule has 2 N–H and O–H groups in total. The molecule has 1 aromatic carbocycles. The van der Waals surface area contributed by atoms with Crippen molar-refractivity contribution in [2.75, 3.05) is 0 Å². The van der Waals surface area contributed by atoms with Crippen molar-refractivity contribution in [1.29, 1.82) is 0 Å². The molecule has 2 nitrogen and oxygen atoms in total. The van der Waals surface area contributed by atoms with Gasteiger partial charge in [0.25, 0.3) is 0 Å². The maximum Gasteiger partial charge on any atom is 0.230 e. The first-order valence-electron chi connectivity index (χ1n) is 4.95. The first-order chi connectivity index (χ1) is 6.91. The second-order valence-corrected chi connectivity index (χ2v) is 5.24. The molecular formula is C12H17NOS. The van der Waals surface area contributed by atoms with E-state index in [1.54, 1.807) is 0 Å². The standard InChI is InChI=1S/C12H17NOS/c1-7-5-8(2)11(9(3)6-7)15-10(4)12(13)14/h5-6,10H,1-4H3,(H2,13,14)/t10-/m1/s1. The summed E-state index contributed by atoms with van der Waals surface area (Å²) in [5.41, 5.74) is 8.93. The molecule has 0 radical (unpaired) electrons. The van der Waals surface area contributed by atoms with E-state index in [0.29, 0.717) is 0 Å². The molecule has 0 unspecified atom stereocenters. The Morgan fingerprint density at radius 1 is 1.27 bits per heavy atom. The number of amides is 1. The molecule has 0 aliphatic carbocycles. The predicted molar refractivity (Wildman–Crippen MR) is 65.2 cm³/mol. The first kappa shape index (κ1) is 12.1. The second-order valence-electron chi connectivity index (χ2n) is 3.89. The molecule has 0 saturated carbocycles. The van der Waals surface area contributed by atoms with E-state index in [1.807, 2.05) is 6.92 Å². The molecule has 0 fully saturated rings. The van der Waals surface area contributed by atoms with Gasteiger partial charge in [-0.15, -0.1) is 11.8 Å². The molecule has 1 rings (SSSR count). The maximum atomic E-state index is 11.0. The largest absolute Gasteiger partial charge is 0.369 e. The lowest BCUT2D eigenvalue weighted by atomic mass is 10.1. The Balaban J connectivity index is 3.00. The van der Waals surface area contributed by atoms with Crippen LogP contribution in [-0.2, 0) is 4.79 Å². The summed E-state index contributed by atoms with van der Waals surface area (Å²) >= 11 is 1.54. The molecule has 0 heterocycles. The average molecular weight is 223 g/mol. The van der Waals surface area contributed by atoms with E-state index >= 15 is 0 Å². The summed E-state index contributed by atoms with van der Waals surface area (Å²) in [5, 5.41) is -0.176. The number of aryl methyl sites for hydroxylation is 3. The average Bonchev–Trinajstić information content (AvgIpc) is 2.10. The number of thioether (sulfide) groups is 1. The number of primary amides is 1. The minimum Gasteiger partial charge on any atom is -0.369 e. The highest BCUT2D eigenvalue weighted by atomic mass is 32.2. The Bertz CT molecular complexity index is 364. The van der Waals surface area contributed by atoms with Gasteiger partial charge in [-0.05, 0) is 38.8 Å². The van der Waals surface area contributed by atoms with Crippen molar-refractivity contribution < 1.29 is 4.79 Å². The smallest absolute Gasteiger partial charge is 0.230 e. The Morgan fingerprint density at radius 3 is 2.13 bits per heavy atom.